The summed E-state index contributed by atoms with van der Waals surface area (Å²) in [6.07, 6.45) is 6.89. The summed E-state index contributed by atoms with van der Waals surface area (Å²) in [4.78, 5) is 13.5. The number of hydrogen-bond donors (Lipinski definition) is 2. The van der Waals surface area contributed by atoms with Gasteiger partial charge in [-0.05, 0) is 44.6 Å². The van der Waals surface area contributed by atoms with E-state index in [1.54, 1.807) is 4.90 Å². The highest BCUT2D eigenvalue weighted by atomic mass is 16.6. The highest BCUT2D eigenvalue weighted by Gasteiger charge is 2.27. The lowest BCUT2D eigenvalue weighted by atomic mass is 10.1. The van der Waals surface area contributed by atoms with Gasteiger partial charge in [-0.25, -0.2) is 4.79 Å². The minimum absolute atomic E-state index is 0.194. The van der Waals surface area contributed by atoms with Crippen LogP contribution in [0.5, 0.6) is 0 Å². The number of rotatable bonds is 4. The van der Waals surface area contributed by atoms with E-state index in [2.05, 4.69) is 15.5 Å². The molecular weight excluding hydrogens is 280 g/mol. The number of carbonyl (C=O) groups excluding carboxylic acids is 1. The minimum Gasteiger partial charge on any atom is -0.450 e. The largest absolute Gasteiger partial charge is 0.450 e. The Labute approximate surface area is 131 Å². The van der Waals surface area contributed by atoms with Crippen LogP contribution in [-0.4, -0.2) is 46.9 Å². The summed E-state index contributed by atoms with van der Waals surface area (Å²) in [5.41, 5.74) is 3.91. The van der Waals surface area contributed by atoms with Crippen LogP contribution in [0.25, 0.3) is 0 Å². The lowest BCUT2D eigenvalue weighted by molar-refractivity contribution is 0.115. The monoisotopic (exact) mass is 306 g/mol. The lowest BCUT2D eigenvalue weighted by Crippen LogP contribution is -2.35. The molecule has 22 heavy (non-hydrogen) atoms. The van der Waals surface area contributed by atoms with Crippen molar-refractivity contribution >= 4 is 6.09 Å². The van der Waals surface area contributed by atoms with Gasteiger partial charge in [0.2, 0.25) is 0 Å². The first-order valence-electron chi connectivity index (χ1n) is 8.48. The molecule has 1 saturated heterocycles. The number of nitrogens with zero attached hydrogens (tertiary/aromatic N) is 2. The fourth-order valence-corrected chi connectivity index (χ4v) is 3.42. The SMILES string of the molecule is CCOC(=O)N1CC[C@H](NCc2n[nH]c3c2CCCCC3)C1. The number of H-pyrrole nitrogens is 1. The Balaban J connectivity index is 1.51. The molecule has 6 nitrogen and oxygen atoms in total. The summed E-state index contributed by atoms with van der Waals surface area (Å²) in [6, 6.07) is 0.336. The normalized spacial score (nSPS) is 21.5. The molecule has 2 aliphatic rings. The molecule has 0 radical (unpaired) electrons. The van der Waals surface area contributed by atoms with Gasteiger partial charge in [0.25, 0.3) is 0 Å². The van der Waals surface area contributed by atoms with Gasteiger partial charge in [-0.1, -0.05) is 6.42 Å². The molecule has 1 aliphatic carbocycles. The van der Waals surface area contributed by atoms with E-state index < -0.39 is 0 Å². The Morgan fingerprint density at radius 3 is 3.14 bits per heavy atom. The number of amides is 1. The Morgan fingerprint density at radius 1 is 1.41 bits per heavy atom. The van der Waals surface area contributed by atoms with Gasteiger partial charge < -0.3 is 15.0 Å². The second-order valence-corrected chi connectivity index (χ2v) is 6.20. The summed E-state index contributed by atoms with van der Waals surface area (Å²) in [5.74, 6) is 0. The van der Waals surface area contributed by atoms with E-state index in [1.165, 1.54) is 30.5 Å². The molecule has 1 aromatic heterocycles. The number of ether oxygens (including phenoxy) is 1. The molecule has 2 heterocycles. The van der Waals surface area contributed by atoms with Crippen molar-refractivity contribution in [3.05, 3.63) is 17.0 Å². The zero-order valence-electron chi connectivity index (χ0n) is 13.4. The van der Waals surface area contributed by atoms with Crippen LogP contribution in [0.4, 0.5) is 4.79 Å². The molecule has 1 aliphatic heterocycles. The summed E-state index contributed by atoms with van der Waals surface area (Å²) in [5, 5.41) is 11.3. The van der Waals surface area contributed by atoms with Gasteiger partial charge in [0, 0.05) is 31.4 Å². The average Bonchev–Trinajstić information content (AvgIpc) is 3.07. The Morgan fingerprint density at radius 2 is 2.27 bits per heavy atom. The number of fused-ring (bicyclic) bond motifs is 1. The molecule has 0 saturated carbocycles. The second kappa shape index (κ2) is 7.13. The van der Waals surface area contributed by atoms with Crippen LogP contribution in [0.15, 0.2) is 0 Å². The zero-order chi connectivity index (χ0) is 15.4. The predicted molar refractivity (Wildman–Crippen MR) is 83.7 cm³/mol. The van der Waals surface area contributed by atoms with Crippen LogP contribution in [0.3, 0.4) is 0 Å². The Bertz CT molecular complexity index is 514. The molecule has 0 aromatic carbocycles. The molecule has 0 spiro atoms. The van der Waals surface area contributed by atoms with E-state index >= 15 is 0 Å². The smallest absolute Gasteiger partial charge is 0.409 e. The highest BCUT2D eigenvalue weighted by molar-refractivity contribution is 5.68. The summed E-state index contributed by atoms with van der Waals surface area (Å²) in [7, 11) is 0. The highest BCUT2D eigenvalue weighted by Crippen LogP contribution is 2.22. The van der Waals surface area contributed by atoms with Crippen molar-refractivity contribution in [2.75, 3.05) is 19.7 Å². The van der Waals surface area contributed by atoms with E-state index in [4.69, 9.17) is 4.74 Å². The number of nitrogens with one attached hydrogen (secondary N) is 2. The first-order valence-corrected chi connectivity index (χ1v) is 8.48. The van der Waals surface area contributed by atoms with Crippen molar-refractivity contribution in [3.8, 4) is 0 Å². The third-order valence-corrected chi connectivity index (χ3v) is 4.66. The fraction of sp³-hybridized carbons (Fsp3) is 0.750. The molecule has 3 rings (SSSR count). The van der Waals surface area contributed by atoms with Crippen molar-refractivity contribution in [1.82, 2.24) is 20.4 Å². The first kappa shape index (κ1) is 15.3. The Hall–Kier alpha value is -1.56. The van der Waals surface area contributed by atoms with Gasteiger partial charge >= 0.3 is 6.09 Å². The molecule has 0 unspecified atom stereocenters. The molecule has 1 fully saturated rings. The van der Waals surface area contributed by atoms with Crippen LogP contribution in [0, 0.1) is 0 Å². The molecule has 6 heteroatoms. The van der Waals surface area contributed by atoms with E-state index in [0.717, 1.165) is 44.6 Å². The van der Waals surface area contributed by atoms with Gasteiger partial charge in [-0.2, -0.15) is 5.10 Å². The van der Waals surface area contributed by atoms with Crippen LogP contribution < -0.4 is 5.32 Å². The van der Waals surface area contributed by atoms with Crippen molar-refractivity contribution in [3.63, 3.8) is 0 Å². The fourth-order valence-electron chi connectivity index (χ4n) is 3.42. The average molecular weight is 306 g/mol. The van der Waals surface area contributed by atoms with Gasteiger partial charge in [0.05, 0.1) is 12.3 Å². The van der Waals surface area contributed by atoms with Crippen LogP contribution in [0.1, 0.15) is 49.6 Å². The molecule has 1 atom stereocenters. The maximum atomic E-state index is 11.7. The van der Waals surface area contributed by atoms with E-state index in [1.807, 2.05) is 6.92 Å². The summed E-state index contributed by atoms with van der Waals surface area (Å²) < 4.78 is 5.05. The third-order valence-electron chi connectivity index (χ3n) is 4.66. The van der Waals surface area contributed by atoms with Crippen molar-refractivity contribution in [1.29, 1.82) is 0 Å². The molecule has 1 amide bonds. The number of aryl methyl sites for hydroxylation is 1. The molecule has 122 valence electrons. The van der Waals surface area contributed by atoms with Gasteiger partial charge in [-0.3, -0.25) is 5.10 Å². The van der Waals surface area contributed by atoms with E-state index in [-0.39, 0.29) is 6.09 Å². The predicted octanol–water partition coefficient (Wildman–Crippen LogP) is 2.00. The van der Waals surface area contributed by atoms with Crippen LogP contribution >= 0.6 is 0 Å². The maximum absolute atomic E-state index is 11.7. The number of carbonyl (C=O) groups is 1. The molecule has 0 bridgehead atoms. The summed E-state index contributed by atoms with van der Waals surface area (Å²) in [6.45, 7) is 4.56. The topological polar surface area (TPSA) is 70.2 Å². The van der Waals surface area contributed by atoms with Gasteiger partial charge in [-0.15, -0.1) is 0 Å². The third kappa shape index (κ3) is 3.43. The Kier molecular flexibility index (Phi) is 4.97. The second-order valence-electron chi connectivity index (χ2n) is 6.20. The number of likely N-dealkylation sites (tertiary alicyclic amines) is 1. The van der Waals surface area contributed by atoms with Crippen molar-refractivity contribution in [2.24, 2.45) is 0 Å². The minimum atomic E-state index is -0.194. The maximum Gasteiger partial charge on any atom is 0.409 e. The van der Waals surface area contributed by atoms with Crippen molar-refractivity contribution in [2.45, 2.75) is 58.0 Å². The molecular formula is C16H26N4O2. The number of hydrogen-bond acceptors (Lipinski definition) is 4. The summed E-state index contributed by atoms with van der Waals surface area (Å²) >= 11 is 0. The van der Waals surface area contributed by atoms with Gasteiger partial charge in [0.1, 0.15) is 0 Å². The quantitative estimate of drug-likeness (QED) is 0.835. The molecule has 2 N–H and O–H groups in total. The van der Waals surface area contributed by atoms with Crippen molar-refractivity contribution < 1.29 is 9.53 Å². The standard InChI is InChI=1S/C16H26N4O2/c1-2-22-16(21)20-9-8-12(11-20)17-10-15-13-6-4-3-5-7-14(13)18-19-15/h12,17H,2-11H2,1H3,(H,18,19)/t12-/m0/s1. The zero-order valence-corrected chi connectivity index (χ0v) is 13.4. The van der Waals surface area contributed by atoms with Gasteiger partial charge in [0.15, 0.2) is 0 Å². The van der Waals surface area contributed by atoms with E-state index in [0.29, 0.717) is 12.6 Å². The van der Waals surface area contributed by atoms with E-state index in [9.17, 15) is 4.79 Å². The van der Waals surface area contributed by atoms with Crippen LogP contribution in [0.2, 0.25) is 0 Å². The number of aromatic nitrogens is 2. The lowest BCUT2D eigenvalue weighted by Gasteiger charge is -2.16. The molecule has 1 aromatic rings. The number of aromatic amines is 1. The van der Waals surface area contributed by atoms with Crippen LogP contribution in [-0.2, 0) is 24.1 Å². The first-order chi connectivity index (χ1) is 10.8.